The second-order valence-electron chi connectivity index (χ2n) is 6.12. The van der Waals surface area contributed by atoms with Crippen molar-refractivity contribution in [3.05, 3.63) is 82.9 Å². The SMILES string of the molecule is CCCCc1ccc2cc(C#Cc3ccc(C)cc3)ccc2c1. The molecule has 0 aliphatic rings. The van der Waals surface area contributed by atoms with E-state index in [0.717, 1.165) is 11.1 Å². The summed E-state index contributed by atoms with van der Waals surface area (Å²) in [6.07, 6.45) is 3.67. The molecule has 3 rings (SSSR count). The summed E-state index contributed by atoms with van der Waals surface area (Å²) in [5.41, 5.74) is 4.82. The van der Waals surface area contributed by atoms with E-state index in [1.807, 2.05) is 0 Å². The van der Waals surface area contributed by atoms with Crippen LogP contribution in [0.5, 0.6) is 0 Å². The third-order valence-corrected chi connectivity index (χ3v) is 4.13. The molecule has 114 valence electrons. The molecule has 0 aliphatic heterocycles. The van der Waals surface area contributed by atoms with Crippen molar-refractivity contribution in [3.63, 3.8) is 0 Å². The Morgan fingerprint density at radius 2 is 1.39 bits per heavy atom. The molecule has 0 bridgehead atoms. The molecule has 0 atom stereocenters. The zero-order valence-electron chi connectivity index (χ0n) is 13.9. The number of hydrogen-bond acceptors (Lipinski definition) is 0. The van der Waals surface area contributed by atoms with Crippen molar-refractivity contribution >= 4 is 10.8 Å². The van der Waals surface area contributed by atoms with E-state index in [0.29, 0.717) is 0 Å². The zero-order valence-corrected chi connectivity index (χ0v) is 13.9. The Kier molecular flexibility index (Phi) is 4.79. The van der Waals surface area contributed by atoms with Crippen molar-refractivity contribution in [1.82, 2.24) is 0 Å². The first-order valence-corrected chi connectivity index (χ1v) is 8.36. The van der Waals surface area contributed by atoms with Gasteiger partial charge < -0.3 is 0 Å². The van der Waals surface area contributed by atoms with Gasteiger partial charge in [0.25, 0.3) is 0 Å². The molecule has 0 radical (unpaired) electrons. The summed E-state index contributed by atoms with van der Waals surface area (Å²) in [5, 5.41) is 2.57. The Labute approximate surface area is 139 Å². The summed E-state index contributed by atoms with van der Waals surface area (Å²) in [6, 6.07) is 21.6. The highest BCUT2D eigenvalue weighted by Gasteiger charge is 1.98. The lowest BCUT2D eigenvalue weighted by Crippen LogP contribution is -1.85. The van der Waals surface area contributed by atoms with Gasteiger partial charge in [0.1, 0.15) is 0 Å². The van der Waals surface area contributed by atoms with E-state index >= 15 is 0 Å². The van der Waals surface area contributed by atoms with Crippen LogP contribution in [0.25, 0.3) is 10.8 Å². The number of fused-ring (bicyclic) bond motifs is 1. The Balaban J connectivity index is 1.84. The van der Waals surface area contributed by atoms with Crippen LogP contribution < -0.4 is 0 Å². The number of rotatable bonds is 3. The lowest BCUT2D eigenvalue weighted by molar-refractivity contribution is 0.796. The molecule has 0 heteroatoms. The first-order chi connectivity index (χ1) is 11.2. The molecule has 0 aliphatic carbocycles. The quantitative estimate of drug-likeness (QED) is 0.529. The second kappa shape index (κ2) is 7.16. The molecule has 0 heterocycles. The predicted octanol–water partition coefficient (Wildman–Crippen LogP) is 5.89. The number of benzene rings is 3. The fourth-order valence-electron chi connectivity index (χ4n) is 2.69. The molecule has 0 unspecified atom stereocenters. The summed E-state index contributed by atoms with van der Waals surface area (Å²) in [6.45, 7) is 4.33. The van der Waals surface area contributed by atoms with Crippen LogP contribution in [-0.4, -0.2) is 0 Å². The minimum absolute atomic E-state index is 1.06. The predicted molar refractivity (Wildman–Crippen MR) is 99.7 cm³/mol. The highest BCUT2D eigenvalue weighted by molar-refractivity contribution is 5.84. The van der Waals surface area contributed by atoms with Crippen molar-refractivity contribution in [2.75, 3.05) is 0 Å². The smallest absolute Gasteiger partial charge is 0.0255 e. The van der Waals surface area contributed by atoms with Crippen LogP contribution in [0, 0.1) is 18.8 Å². The summed E-state index contributed by atoms with van der Waals surface area (Å²) in [5.74, 6) is 6.51. The van der Waals surface area contributed by atoms with Gasteiger partial charge in [0.2, 0.25) is 0 Å². The van der Waals surface area contributed by atoms with Gasteiger partial charge in [-0.3, -0.25) is 0 Å². The monoisotopic (exact) mass is 298 g/mol. The average molecular weight is 298 g/mol. The van der Waals surface area contributed by atoms with Crippen molar-refractivity contribution < 1.29 is 0 Å². The van der Waals surface area contributed by atoms with Gasteiger partial charge in [0.05, 0.1) is 0 Å². The normalized spacial score (nSPS) is 10.3. The summed E-state index contributed by atoms with van der Waals surface area (Å²) < 4.78 is 0. The maximum absolute atomic E-state index is 3.27. The van der Waals surface area contributed by atoms with E-state index in [4.69, 9.17) is 0 Å². The molecule has 3 aromatic carbocycles. The van der Waals surface area contributed by atoms with E-state index in [9.17, 15) is 0 Å². The molecule has 0 saturated heterocycles. The second-order valence-corrected chi connectivity index (χ2v) is 6.12. The Morgan fingerprint density at radius 1 is 0.739 bits per heavy atom. The van der Waals surface area contributed by atoms with E-state index in [1.165, 1.54) is 41.2 Å². The number of aryl methyl sites for hydroxylation is 2. The van der Waals surface area contributed by atoms with Crippen molar-refractivity contribution in [2.24, 2.45) is 0 Å². The van der Waals surface area contributed by atoms with Gasteiger partial charge in [-0.1, -0.05) is 67.1 Å². The van der Waals surface area contributed by atoms with Gasteiger partial charge >= 0.3 is 0 Å². The first-order valence-electron chi connectivity index (χ1n) is 8.36. The standard InChI is InChI=1S/C23H22/c1-3-4-5-20-12-14-23-17-21(13-15-22(23)16-20)11-10-19-8-6-18(2)7-9-19/h6-9,12-17H,3-5H2,1-2H3. The van der Waals surface area contributed by atoms with E-state index < -0.39 is 0 Å². The molecule has 0 nitrogen and oxygen atoms in total. The maximum Gasteiger partial charge on any atom is 0.0255 e. The van der Waals surface area contributed by atoms with Gasteiger partial charge in [0, 0.05) is 11.1 Å². The van der Waals surface area contributed by atoms with Gasteiger partial charge in [-0.25, -0.2) is 0 Å². The first kappa shape index (κ1) is 15.4. The van der Waals surface area contributed by atoms with Crippen LogP contribution >= 0.6 is 0 Å². The van der Waals surface area contributed by atoms with Gasteiger partial charge in [-0.2, -0.15) is 0 Å². The Hall–Kier alpha value is -2.52. The number of unbranched alkanes of at least 4 members (excludes halogenated alkanes) is 1. The molecule has 0 amide bonds. The van der Waals surface area contributed by atoms with Crippen molar-refractivity contribution in [1.29, 1.82) is 0 Å². The molecule has 23 heavy (non-hydrogen) atoms. The average Bonchev–Trinajstić information content (AvgIpc) is 2.59. The molecule has 0 aromatic heterocycles. The van der Waals surface area contributed by atoms with Crippen LogP contribution in [0.3, 0.4) is 0 Å². The molecular weight excluding hydrogens is 276 g/mol. The highest BCUT2D eigenvalue weighted by atomic mass is 14.0. The maximum atomic E-state index is 3.27. The molecule has 0 spiro atoms. The van der Waals surface area contributed by atoms with Crippen LogP contribution in [0.15, 0.2) is 60.7 Å². The fraction of sp³-hybridized carbons (Fsp3) is 0.217. The summed E-state index contributed by atoms with van der Waals surface area (Å²) in [4.78, 5) is 0. The van der Waals surface area contributed by atoms with Gasteiger partial charge in [0.15, 0.2) is 0 Å². The number of hydrogen-bond donors (Lipinski definition) is 0. The molecule has 0 N–H and O–H groups in total. The fourth-order valence-corrected chi connectivity index (χ4v) is 2.69. The van der Waals surface area contributed by atoms with Crippen LogP contribution in [0.2, 0.25) is 0 Å². The summed E-state index contributed by atoms with van der Waals surface area (Å²) in [7, 11) is 0. The van der Waals surface area contributed by atoms with Crippen molar-refractivity contribution in [2.45, 2.75) is 33.1 Å². The highest BCUT2D eigenvalue weighted by Crippen LogP contribution is 2.19. The minimum atomic E-state index is 1.06. The summed E-state index contributed by atoms with van der Waals surface area (Å²) >= 11 is 0. The largest absolute Gasteiger partial charge is 0.0654 e. The molecule has 0 fully saturated rings. The van der Waals surface area contributed by atoms with E-state index in [1.54, 1.807) is 0 Å². The van der Waals surface area contributed by atoms with Gasteiger partial charge in [-0.15, -0.1) is 0 Å². The molecular formula is C23H22. The molecule has 0 saturated carbocycles. The van der Waals surface area contributed by atoms with E-state index in [2.05, 4.69) is 86.4 Å². The zero-order chi connectivity index (χ0) is 16.1. The Bertz CT molecular complexity index is 858. The van der Waals surface area contributed by atoms with Crippen LogP contribution in [0.4, 0.5) is 0 Å². The topological polar surface area (TPSA) is 0 Å². The van der Waals surface area contributed by atoms with Crippen molar-refractivity contribution in [3.8, 4) is 11.8 Å². The minimum Gasteiger partial charge on any atom is -0.0654 e. The van der Waals surface area contributed by atoms with Crippen LogP contribution in [-0.2, 0) is 6.42 Å². The van der Waals surface area contributed by atoms with E-state index in [-0.39, 0.29) is 0 Å². The Morgan fingerprint density at radius 3 is 2.17 bits per heavy atom. The van der Waals surface area contributed by atoms with Gasteiger partial charge in [-0.05, 0) is 60.4 Å². The lowest BCUT2D eigenvalue weighted by Gasteiger charge is -2.03. The van der Waals surface area contributed by atoms with Crippen LogP contribution in [0.1, 0.15) is 42.0 Å². The molecule has 3 aromatic rings. The third kappa shape index (κ3) is 4.02. The lowest BCUT2D eigenvalue weighted by atomic mass is 10.0. The third-order valence-electron chi connectivity index (χ3n) is 4.13.